The molecule has 1 unspecified atom stereocenters. The number of hydrogen-bond acceptors (Lipinski definition) is 3. The molecule has 1 atom stereocenters. The van der Waals surface area contributed by atoms with Gasteiger partial charge in [-0.3, -0.25) is 9.69 Å². The summed E-state index contributed by atoms with van der Waals surface area (Å²) in [5, 5.41) is 3.67. The molecule has 3 aromatic rings. The summed E-state index contributed by atoms with van der Waals surface area (Å²) in [6.45, 7) is 2.12. The lowest BCUT2D eigenvalue weighted by Crippen LogP contribution is -2.31. The zero-order chi connectivity index (χ0) is 18.1. The van der Waals surface area contributed by atoms with Crippen LogP contribution in [0.15, 0.2) is 48.5 Å². The van der Waals surface area contributed by atoms with E-state index in [0.29, 0.717) is 24.5 Å². The third-order valence-electron chi connectivity index (χ3n) is 5.01. The van der Waals surface area contributed by atoms with Crippen molar-refractivity contribution in [1.82, 2.24) is 19.8 Å². The van der Waals surface area contributed by atoms with Crippen LogP contribution in [-0.4, -0.2) is 33.4 Å². The van der Waals surface area contributed by atoms with E-state index in [1.807, 2.05) is 43.4 Å². The molecule has 134 valence electrons. The number of halogens is 1. The van der Waals surface area contributed by atoms with E-state index in [2.05, 4.69) is 26.9 Å². The van der Waals surface area contributed by atoms with Crippen LogP contribution in [0.3, 0.4) is 0 Å². The molecule has 0 saturated carbocycles. The summed E-state index contributed by atoms with van der Waals surface area (Å²) in [4.78, 5) is 19.2. The van der Waals surface area contributed by atoms with Gasteiger partial charge >= 0.3 is 0 Å². The number of fused-ring (bicyclic) bond motifs is 1. The molecule has 6 heteroatoms. The standard InChI is InChI=1S/C20H21ClN4O/c1-24-17-8-7-15(21)11-16(17)23-19(24)13-25-10-9-22-20(26)12-18(25)14-5-3-2-4-6-14/h2-8,11,18H,9-10,12-13H2,1H3,(H,22,26). The van der Waals surface area contributed by atoms with Gasteiger partial charge in [0.15, 0.2) is 0 Å². The van der Waals surface area contributed by atoms with Crippen LogP contribution in [0, 0.1) is 0 Å². The lowest BCUT2D eigenvalue weighted by Gasteiger charge is -2.29. The van der Waals surface area contributed by atoms with Gasteiger partial charge in [0.05, 0.1) is 17.6 Å². The van der Waals surface area contributed by atoms with Crippen LogP contribution in [0.1, 0.15) is 23.9 Å². The van der Waals surface area contributed by atoms with E-state index in [0.717, 1.165) is 29.0 Å². The number of amides is 1. The first-order chi connectivity index (χ1) is 12.6. The quantitative estimate of drug-likeness (QED) is 0.771. The van der Waals surface area contributed by atoms with E-state index >= 15 is 0 Å². The Kier molecular flexibility index (Phi) is 4.66. The number of hydrogen-bond donors (Lipinski definition) is 1. The number of rotatable bonds is 3. The highest BCUT2D eigenvalue weighted by Gasteiger charge is 2.27. The summed E-state index contributed by atoms with van der Waals surface area (Å²) in [6.07, 6.45) is 0.458. The van der Waals surface area contributed by atoms with Gasteiger partial charge in [0.1, 0.15) is 5.82 Å². The molecule has 0 aliphatic carbocycles. The first kappa shape index (κ1) is 17.1. The fourth-order valence-electron chi connectivity index (χ4n) is 3.61. The maximum Gasteiger partial charge on any atom is 0.221 e. The first-order valence-electron chi connectivity index (χ1n) is 8.78. The van der Waals surface area contributed by atoms with Crippen LogP contribution < -0.4 is 5.32 Å². The summed E-state index contributed by atoms with van der Waals surface area (Å²) in [5.41, 5.74) is 3.12. The fourth-order valence-corrected chi connectivity index (χ4v) is 3.78. The van der Waals surface area contributed by atoms with Crippen molar-refractivity contribution in [2.45, 2.75) is 19.0 Å². The second-order valence-corrected chi connectivity index (χ2v) is 7.11. The van der Waals surface area contributed by atoms with Crippen molar-refractivity contribution in [3.63, 3.8) is 0 Å². The molecule has 0 spiro atoms. The number of carbonyl (C=O) groups excluding carboxylic acids is 1. The second-order valence-electron chi connectivity index (χ2n) is 6.67. The molecule has 1 aliphatic rings. The number of benzene rings is 2. The third kappa shape index (κ3) is 3.32. The third-order valence-corrected chi connectivity index (χ3v) is 5.24. The molecule has 4 rings (SSSR count). The van der Waals surface area contributed by atoms with Gasteiger partial charge < -0.3 is 9.88 Å². The maximum atomic E-state index is 12.1. The molecule has 1 fully saturated rings. The van der Waals surface area contributed by atoms with E-state index in [1.165, 1.54) is 0 Å². The number of imidazole rings is 1. The second kappa shape index (κ2) is 7.09. The zero-order valence-corrected chi connectivity index (χ0v) is 15.4. The minimum absolute atomic E-state index is 0.0436. The minimum Gasteiger partial charge on any atom is -0.355 e. The average molecular weight is 369 g/mol. The Morgan fingerprint density at radius 2 is 2.04 bits per heavy atom. The van der Waals surface area contributed by atoms with E-state index in [9.17, 15) is 4.79 Å². The molecule has 1 aliphatic heterocycles. The number of aromatic nitrogens is 2. The van der Waals surface area contributed by atoms with Crippen molar-refractivity contribution >= 4 is 28.5 Å². The van der Waals surface area contributed by atoms with Crippen molar-refractivity contribution in [3.05, 3.63) is 64.9 Å². The van der Waals surface area contributed by atoms with E-state index < -0.39 is 0 Å². The molecular weight excluding hydrogens is 348 g/mol. The Balaban J connectivity index is 1.68. The number of carbonyl (C=O) groups is 1. The Labute approximate surface area is 157 Å². The highest BCUT2D eigenvalue weighted by Crippen LogP contribution is 2.28. The number of aryl methyl sites for hydroxylation is 1. The van der Waals surface area contributed by atoms with Gasteiger partial charge in [0, 0.05) is 37.6 Å². The van der Waals surface area contributed by atoms with Crippen LogP contribution in [0.5, 0.6) is 0 Å². The maximum absolute atomic E-state index is 12.1. The molecule has 0 radical (unpaired) electrons. The van der Waals surface area contributed by atoms with Gasteiger partial charge in [0.2, 0.25) is 5.91 Å². The predicted octanol–water partition coefficient (Wildman–Crippen LogP) is 3.29. The normalized spacial score (nSPS) is 18.7. The van der Waals surface area contributed by atoms with Gasteiger partial charge in [-0.2, -0.15) is 0 Å². The smallest absolute Gasteiger partial charge is 0.221 e. The highest BCUT2D eigenvalue weighted by atomic mass is 35.5. The molecule has 5 nitrogen and oxygen atoms in total. The van der Waals surface area contributed by atoms with Crippen LogP contribution in [0.2, 0.25) is 5.02 Å². The lowest BCUT2D eigenvalue weighted by atomic mass is 10.0. The van der Waals surface area contributed by atoms with Gasteiger partial charge in [-0.15, -0.1) is 0 Å². The average Bonchev–Trinajstić information content (AvgIpc) is 2.82. The predicted molar refractivity (Wildman–Crippen MR) is 103 cm³/mol. The Hall–Kier alpha value is -2.37. The molecule has 1 N–H and O–H groups in total. The van der Waals surface area contributed by atoms with Crippen molar-refractivity contribution in [2.24, 2.45) is 7.05 Å². The minimum atomic E-state index is 0.0436. The van der Waals surface area contributed by atoms with Crippen molar-refractivity contribution in [3.8, 4) is 0 Å². The number of nitrogens with zero attached hydrogens (tertiary/aromatic N) is 3. The van der Waals surface area contributed by atoms with Gasteiger partial charge in [0.25, 0.3) is 0 Å². The molecule has 1 aromatic heterocycles. The topological polar surface area (TPSA) is 50.2 Å². The first-order valence-corrected chi connectivity index (χ1v) is 9.16. The van der Waals surface area contributed by atoms with Gasteiger partial charge in [-0.25, -0.2) is 4.98 Å². The summed E-state index contributed by atoms with van der Waals surface area (Å²) >= 11 is 6.11. The van der Waals surface area contributed by atoms with E-state index in [-0.39, 0.29) is 11.9 Å². The molecule has 0 bridgehead atoms. The van der Waals surface area contributed by atoms with Crippen molar-refractivity contribution in [2.75, 3.05) is 13.1 Å². The SMILES string of the molecule is Cn1c(CN2CCNC(=O)CC2c2ccccc2)nc2cc(Cl)ccc21. The molecule has 2 heterocycles. The molecule has 1 saturated heterocycles. The van der Waals surface area contributed by atoms with E-state index in [1.54, 1.807) is 0 Å². The molecular formula is C20H21ClN4O. The monoisotopic (exact) mass is 368 g/mol. The highest BCUT2D eigenvalue weighted by molar-refractivity contribution is 6.31. The lowest BCUT2D eigenvalue weighted by molar-refractivity contribution is -0.121. The molecule has 1 amide bonds. The Bertz CT molecular complexity index is 938. The van der Waals surface area contributed by atoms with Crippen LogP contribution >= 0.6 is 11.6 Å². The Morgan fingerprint density at radius 3 is 2.85 bits per heavy atom. The molecule has 2 aromatic carbocycles. The van der Waals surface area contributed by atoms with Gasteiger partial charge in [-0.1, -0.05) is 41.9 Å². The van der Waals surface area contributed by atoms with E-state index in [4.69, 9.17) is 16.6 Å². The van der Waals surface area contributed by atoms with Crippen LogP contribution in [0.4, 0.5) is 0 Å². The fraction of sp³-hybridized carbons (Fsp3) is 0.300. The van der Waals surface area contributed by atoms with Gasteiger partial charge in [-0.05, 0) is 23.8 Å². The number of nitrogens with one attached hydrogen (secondary N) is 1. The molecule has 26 heavy (non-hydrogen) atoms. The van der Waals surface area contributed by atoms with Crippen molar-refractivity contribution in [1.29, 1.82) is 0 Å². The largest absolute Gasteiger partial charge is 0.355 e. The summed E-state index contributed by atoms with van der Waals surface area (Å²) in [7, 11) is 2.03. The summed E-state index contributed by atoms with van der Waals surface area (Å²) in [5.74, 6) is 1.07. The summed E-state index contributed by atoms with van der Waals surface area (Å²) < 4.78 is 2.11. The zero-order valence-electron chi connectivity index (χ0n) is 14.7. The van der Waals surface area contributed by atoms with Crippen LogP contribution in [0.25, 0.3) is 11.0 Å². The summed E-state index contributed by atoms with van der Waals surface area (Å²) in [6, 6.07) is 16.0. The Morgan fingerprint density at radius 1 is 1.23 bits per heavy atom. The van der Waals surface area contributed by atoms with Crippen LogP contribution in [-0.2, 0) is 18.4 Å². The van der Waals surface area contributed by atoms with Crippen molar-refractivity contribution < 1.29 is 4.79 Å².